The molecule has 0 N–H and O–H groups in total. The van der Waals surface area contributed by atoms with Crippen LogP contribution < -0.4 is 0 Å². The fourth-order valence-corrected chi connectivity index (χ4v) is 3.48. The minimum absolute atomic E-state index is 0.470. The summed E-state index contributed by atoms with van der Waals surface area (Å²) in [6.07, 6.45) is 8.25. The summed E-state index contributed by atoms with van der Waals surface area (Å²) in [4.78, 5) is 7.04. The Hall–Kier alpha value is -2.47. The van der Waals surface area contributed by atoms with Gasteiger partial charge in [-0.15, -0.1) is 0 Å². The third kappa shape index (κ3) is 4.14. The molecular formula is C19H23N5O. The lowest BCUT2D eigenvalue weighted by atomic mass is 10.0. The van der Waals surface area contributed by atoms with Crippen LogP contribution in [0.4, 0.5) is 0 Å². The summed E-state index contributed by atoms with van der Waals surface area (Å²) in [5, 5.41) is 8.49. The van der Waals surface area contributed by atoms with Crippen LogP contribution in [0.5, 0.6) is 0 Å². The van der Waals surface area contributed by atoms with Crippen molar-refractivity contribution < 1.29 is 4.52 Å². The standard InChI is InChI=1S/C19H23N5O/c1-2-7-16(8-3-1)13-18-21-19(25-22-18)15-23-11-5-4-9-17(23)14-24-12-6-10-20-24/h1-3,6-8,10,12,17H,4-5,9,11,13-15H2/t17-/m0/s1. The molecule has 0 unspecified atom stereocenters. The van der Waals surface area contributed by atoms with Crippen molar-refractivity contribution >= 4 is 0 Å². The molecule has 1 aromatic carbocycles. The lowest BCUT2D eigenvalue weighted by Crippen LogP contribution is -2.41. The lowest BCUT2D eigenvalue weighted by Gasteiger charge is -2.34. The van der Waals surface area contributed by atoms with E-state index in [0.717, 1.165) is 18.9 Å². The Labute approximate surface area is 147 Å². The molecule has 0 saturated carbocycles. The van der Waals surface area contributed by atoms with Gasteiger partial charge in [-0.05, 0) is 31.0 Å². The Kier molecular flexibility index (Phi) is 4.88. The minimum Gasteiger partial charge on any atom is -0.338 e. The molecule has 6 heteroatoms. The maximum absolute atomic E-state index is 5.50. The van der Waals surface area contributed by atoms with Gasteiger partial charge in [0.1, 0.15) is 0 Å². The molecule has 0 aliphatic carbocycles. The number of piperidine rings is 1. The molecule has 3 heterocycles. The third-order valence-electron chi connectivity index (χ3n) is 4.76. The van der Waals surface area contributed by atoms with Crippen molar-refractivity contribution in [1.82, 2.24) is 24.8 Å². The van der Waals surface area contributed by atoms with E-state index in [1.807, 2.05) is 41.3 Å². The van der Waals surface area contributed by atoms with Crippen LogP contribution in [0.25, 0.3) is 0 Å². The molecule has 1 atom stereocenters. The second-order valence-corrected chi connectivity index (χ2v) is 6.61. The number of hydrogen-bond acceptors (Lipinski definition) is 5. The Morgan fingerprint density at radius 3 is 2.88 bits per heavy atom. The maximum Gasteiger partial charge on any atom is 0.240 e. The van der Waals surface area contributed by atoms with E-state index in [0.29, 0.717) is 24.9 Å². The quantitative estimate of drug-likeness (QED) is 0.692. The summed E-state index contributed by atoms with van der Waals surface area (Å²) in [5.74, 6) is 1.46. The molecule has 0 spiro atoms. The summed E-state index contributed by atoms with van der Waals surface area (Å²) in [5.41, 5.74) is 1.20. The van der Waals surface area contributed by atoms with Crippen LogP contribution in [0, 0.1) is 0 Å². The summed E-state index contributed by atoms with van der Waals surface area (Å²) in [7, 11) is 0. The normalized spacial score (nSPS) is 18.5. The number of benzene rings is 1. The van der Waals surface area contributed by atoms with Gasteiger partial charge in [0.2, 0.25) is 5.89 Å². The average Bonchev–Trinajstić information content (AvgIpc) is 3.30. The fourth-order valence-electron chi connectivity index (χ4n) is 3.48. The Morgan fingerprint density at radius 2 is 2.04 bits per heavy atom. The first-order chi connectivity index (χ1) is 12.4. The maximum atomic E-state index is 5.50. The second-order valence-electron chi connectivity index (χ2n) is 6.61. The first kappa shape index (κ1) is 16.0. The topological polar surface area (TPSA) is 60.0 Å². The van der Waals surface area contributed by atoms with E-state index >= 15 is 0 Å². The van der Waals surface area contributed by atoms with Crippen LogP contribution in [-0.4, -0.2) is 37.4 Å². The van der Waals surface area contributed by atoms with Gasteiger partial charge in [0.15, 0.2) is 5.82 Å². The average molecular weight is 337 g/mol. The summed E-state index contributed by atoms with van der Waals surface area (Å²) in [6, 6.07) is 12.7. The van der Waals surface area contributed by atoms with E-state index in [-0.39, 0.29) is 0 Å². The van der Waals surface area contributed by atoms with Gasteiger partial charge in [-0.2, -0.15) is 10.1 Å². The second kappa shape index (κ2) is 7.61. The first-order valence-corrected chi connectivity index (χ1v) is 8.94. The number of hydrogen-bond donors (Lipinski definition) is 0. The molecule has 1 saturated heterocycles. The Morgan fingerprint density at radius 1 is 1.12 bits per heavy atom. The zero-order valence-electron chi connectivity index (χ0n) is 14.3. The van der Waals surface area contributed by atoms with Gasteiger partial charge in [0.25, 0.3) is 0 Å². The van der Waals surface area contributed by atoms with Gasteiger partial charge in [0.05, 0.1) is 13.1 Å². The van der Waals surface area contributed by atoms with E-state index in [9.17, 15) is 0 Å². The zero-order chi connectivity index (χ0) is 16.9. The van der Waals surface area contributed by atoms with Crippen LogP contribution >= 0.6 is 0 Å². The van der Waals surface area contributed by atoms with Crippen LogP contribution in [0.2, 0.25) is 0 Å². The summed E-state index contributed by atoms with van der Waals surface area (Å²) in [6.45, 7) is 2.70. The highest BCUT2D eigenvalue weighted by Gasteiger charge is 2.24. The molecule has 1 aliphatic rings. The highest BCUT2D eigenvalue weighted by atomic mass is 16.5. The lowest BCUT2D eigenvalue weighted by molar-refractivity contribution is 0.108. The van der Waals surface area contributed by atoms with Crippen molar-refractivity contribution in [3.05, 3.63) is 66.1 Å². The monoisotopic (exact) mass is 337 g/mol. The highest BCUT2D eigenvalue weighted by Crippen LogP contribution is 2.20. The molecule has 2 aromatic heterocycles. The molecule has 0 bridgehead atoms. The fraction of sp³-hybridized carbons (Fsp3) is 0.421. The van der Waals surface area contributed by atoms with Crippen LogP contribution in [-0.2, 0) is 19.5 Å². The third-order valence-corrected chi connectivity index (χ3v) is 4.76. The molecule has 4 rings (SSSR count). The van der Waals surface area contributed by atoms with Crippen LogP contribution in [0.1, 0.15) is 36.5 Å². The van der Waals surface area contributed by atoms with Gasteiger partial charge in [-0.1, -0.05) is 41.9 Å². The van der Waals surface area contributed by atoms with Gasteiger partial charge >= 0.3 is 0 Å². The van der Waals surface area contributed by atoms with Crippen molar-refractivity contribution in [2.24, 2.45) is 0 Å². The molecule has 3 aromatic rings. The van der Waals surface area contributed by atoms with Crippen molar-refractivity contribution in [3.8, 4) is 0 Å². The van der Waals surface area contributed by atoms with Crippen LogP contribution in [0.3, 0.4) is 0 Å². The predicted molar refractivity (Wildman–Crippen MR) is 93.8 cm³/mol. The van der Waals surface area contributed by atoms with Crippen molar-refractivity contribution in [2.75, 3.05) is 6.54 Å². The molecule has 1 aliphatic heterocycles. The number of rotatable bonds is 6. The molecular weight excluding hydrogens is 314 g/mol. The molecule has 6 nitrogen and oxygen atoms in total. The van der Waals surface area contributed by atoms with E-state index in [2.05, 4.69) is 32.3 Å². The molecule has 1 fully saturated rings. The van der Waals surface area contributed by atoms with Crippen molar-refractivity contribution in [3.63, 3.8) is 0 Å². The van der Waals surface area contributed by atoms with E-state index in [1.165, 1.54) is 24.8 Å². The van der Waals surface area contributed by atoms with Gasteiger partial charge < -0.3 is 4.52 Å². The van der Waals surface area contributed by atoms with Crippen LogP contribution in [0.15, 0.2) is 53.3 Å². The zero-order valence-corrected chi connectivity index (χ0v) is 14.3. The van der Waals surface area contributed by atoms with Gasteiger partial charge in [-0.25, -0.2) is 0 Å². The van der Waals surface area contributed by atoms with E-state index in [1.54, 1.807) is 0 Å². The predicted octanol–water partition coefficient (Wildman–Crippen LogP) is 2.91. The highest BCUT2D eigenvalue weighted by molar-refractivity contribution is 5.18. The number of nitrogens with zero attached hydrogens (tertiary/aromatic N) is 5. The van der Waals surface area contributed by atoms with Gasteiger partial charge in [-0.3, -0.25) is 9.58 Å². The number of likely N-dealkylation sites (tertiary alicyclic amines) is 1. The molecule has 25 heavy (non-hydrogen) atoms. The van der Waals surface area contributed by atoms with E-state index < -0.39 is 0 Å². The van der Waals surface area contributed by atoms with Crippen molar-refractivity contribution in [1.29, 1.82) is 0 Å². The summed E-state index contributed by atoms with van der Waals surface area (Å²) < 4.78 is 7.51. The van der Waals surface area contributed by atoms with Crippen molar-refractivity contribution in [2.45, 2.75) is 44.8 Å². The van der Waals surface area contributed by atoms with E-state index in [4.69, 9.17) is 4.52 Å². The molecule has 0 radical (unpaired) electrons. The minimum atomic E-state index is 0.470. The Balaban J connectivity index is 1.40. The Bertz CT molecular complexity index is 768. The van der Waals surface area contributed by atoms with Gasteiger partial charge in [0, 0.05) is 24.9 Å². The SMILES string of the molecule is c1ccc(Cc2noc(CN3CCCC[C@H]3Cn3cccn3)n2)cc1. The largest absolute Gasteiger partial charge is 0.338 e. The number of aromatic nitrogens is 4. The first-order valence-electron chi connectivity index (χ1n) is 8.94. The molecule has 130 valence electrons. The summed E-state index contributed by atoms with van der Waals surface area (Å²) >= 11 is 0. The smallest absolute Gasteiger partial charge is 0.240 e. The molecule has 0 amide bonds.